The van der Waals surface area contributed by atoms with Crippen molar-refractivity contribution in [2.24, 2.45) is 5.73 Å². The Labute approximate surface area is 78.2 Å². The van der Waals surface area contributed by atoms with Crippen LogP contribution in [-0.4, -0.2) is 12.1 Å². The molecule has 3 N–H and O–H groups in total. The monoisotopic (exact) mass is 226 g/mol. The molecular formula is C8H7BrN2O. The number of nitrogens with two attached hydrogens (primary N) is 1. The lowest BCUT2D eigenvalue weighted by atomic mass is 10.1. The lowest BCUT2D eigenvalue weighted by Gasteiger charge is -2.00. The van der Waals surface area contributed by atoms with Gasteiger partial charge in [0.25, 0.3) is 0 Å². The van der Waals surface area contributed by atoms with E-state index in [0.717, 1.165) is 10.7 Å². The molecule has 12 heavy (non-hydrogen) atoms. The van der Waals surface area contributed by atoms with Crippen LogP contribution in [0.1, 0.15) is 15.9 Å². The van der Waals surface area contributed by atoms with Gasteiger partial charge in [0.15, 0.2) is 0 Å². The van der Waals surface area contributed by atoms with E-state index in [2.05, 4.69) is 15.9 Å². The van der Waals surface area contributed by atoms with E-state index < -0.39 is 5.91 Å². The van der Waals surface area contributed by atoms with Crippen LogP contribution < -0.4 is 5.73 Å². The highest BCUT2D eigenvalue weighted by Crippen LogP contribution is 2.14. The minimum Gasteiger partial charge on any atom is -0.366 e. The third kappa shape index (κ3) is 1.71. The third-order valence-corrected chi connectivity index (χ3v) is 1.93. The number of hydrogen-bond acceptors (Lipinski definition) is 2. The molecule has 0 spiro atoms. The van der Waals surface area contributed by atoms with Crippen LogP contribution in [-0.2, 0) is 0 Å². The van der Waals surface area contributed by atoms with E-state index in [9.17, 15) is 4.79 Å². The number of primary amides is 1. The molecule has 3 nitrogen and oxygen atoms in total. The number of carbonyl (C=O) groups excluding carboxylic acids is 1. The molecule has 1 rings (SSSR count). The first-order valence-corrected chi connectivity index (χ1v) is 4.04. The maximum absolute atomic E-state index is 10.8. The van der Waals surface area contributed by atoms with E-state index >= 15 is 0 Å². The van der Waals surface area contributed by atoms with Crippen molar-refractivity contribution >= 4 is 28.1 Å². The van der Waals surface area contributed by atoms with E-state index in [1.54, 1.807) is 18.2 Å². The van der Waals surface area contributed by atoms with Gasteiger partial charge in [0.05, 0.1) is 0 Å². The summed E-state index contributed by atoms with van der Waals surface area (Å²) < 4.78 is 0.825. The highest BCUT2D eigenvalue weighted by Gasteiger charge is 2.05. The summed E-state index contributed by atoms with van der Waals surface area (Å²) >= 11 is 3.23. The Kier molecular flexibility index (Phi) is 2.60. The van der Waals surface area contributed by atoms with E-state index in [-0.39, 0.29) is 0 Å². The van der Waals surface area contributed by atoms with Crippen LogP contribution in [0.5, 0.6) is 0 Å². The zero-order valence-electron chi connectivity index (χ0n) is 6.17. The average Bonchev–Trinajstić information content (AvgIpc) is 2.03. The van der Waals surface area contributed by atoms with Gasteiger partial charge in [-0.05, 0) is 18.2 Å². The Morgan fingerprint density at radius 2 is 2.25 bits per heavy atom. The molecule has 0 aliphatic heterocycles. The van der Waals surface area contributed by atoms with Crippen LogP contribution in [0.15, 0.2) is 22.7 Å². The van der Waals surface area contributed by atoms with Gasteiger partial charge in [-0.2, -0.15) is 0 Å². The van der Waals surface area contributed by atoms with Crippen molar-refractivity contribution in [3.8, 4) is 0 Å². The number of amides is 1. The number of halogens is 1. The van der Waals surface area contributed by atoms with Crippen molar-refractivity contribution in [1.29, 1.82) is 5.41 Å². The summed E-state index contributed by atoms with van der Waals surface area (Å²) in [6.07, 6.45) is 1.10. The van der Waals surface area contributed by atoms with Gasteiger partial charge in [0.1, 0.15) is 0 Å². The number of carbonyl (C=O) groups is 1. The highest BCUT2D eigenvalue weighted by molar-refractivity contribution is 9.10. The smallest absolute Gasteiger partial charge is 0.249 e. The fourth-order valence-electron chi connectivity index (χ4n) is 0.877. The fraction of sp³-hybridized carbons (Fsp3) is 0. The van der Waals surface area contributed by atoms with Crippen LogP contribution in [0.2, 0.25) is 0 Å². The molecular weight excluding hydrogens is 220 g/mol. The number of hydrogen-bond donors (Lipinski definition) is 2. The lowest BCUT2D eigenvalue weighted by Crippen LogP contribution is -2.13. The first-order chi connectivity index (χ1) is 5.65. The summed E-state index contributed by atoms with van der Waals surface area (Å²) in [5, 5.41) is 7.02. The normalized spacial score (nSPS) is 9.42. The van der Waals surface area contributed by atoms with Gasteiger partial charge in [0.2, 0.25) is 5.91 Å². The summed E-state index contributed by atoms with van der Waals surface area (Å²) in [6, 6.07) is 4.98. The molecule has 62 valence electrons. The van der Waals surface area contributed by atoms with Crippen LogP contribution in [0.4, 0.5) is 0 Å². The molecule has 4 heteroatoms. The first kappa shape index (κ1) is 8.93. The van der Waals surface area contributed by atoms with E-state index in [1.165, 1.54) is 0 Å². The third-order valence-electron chi connectivity index (χ3n) is 1.43. The summed E-state index contributed by atoms with van der Waals surface area (Å²) in [5.41, 5.74) is 5.98. The van der Waals surface area contributed by atoms with E-state index in [4.69, 9.17) is 11.1 Å². The maximum Gasteiger partial charge on any atom is 0.249 e. The SMILES string of the molecule is N=Cc1cc(Br)ccc1C(N)=O. The molecule has 0 aliphatic rings. The van der Waals surface area contributed by atoms with Gasteiger partial charge in [-0.25, -0.2) is 0 Å². The minimum absolute atomic E-state index is 0.369. The minimum atomic E-state index is -0.513. The molecule has 1 aromatic rings. The molecule has 1 aromatic carbocycles. The Morgan fingerprint density at radius 1 is 1.58 bits per heavy atom. The molecule has 0 radical (unpaired) electrons. The zero-order valence-corrected chi connectivity index (χ0v) is 7.76. The molecule has 0 aromatic heterocycles. The summed E-state index contributed by atoms with van der Waals surface area (Å²) in [4.78, 5) is 10.8. The van der Waals surface area contributed by atoms with Gasteiger partial charge in [-0.3, -0.25) is 4.79 Å². The molecule has 0 saturated carbocycles. The molecule has 0 saturated heterocycles. The second-order valence-corrected chi connectivity index (χ2v) is 3.16. The molecule has 0 aliphatic carbocycles. The Bertz CT molecular complexity index is 336. The van der Waals surface area contributed by atoms with Crippen LogP contribution in [0.3, 0.4) is 0 Å². The van der Waals surface area contributed by atoms with Crippen LogP contribution >= 0.6 is 15.9 Å². The fourth-order valence-corrected chi connectivity index (χ4v) is 1.26. The largest absolute Gasteiger partial charge is 0.366 e. The topological polar surface area (TPSA) is 66.9 Å². The maximum atomic E-state index is 10.8. The number of nitrogens with one attached hydrogen (secondary N) is 1. The highest BCUT2D eigenvalue weighted by atomic mass is 79.9. The van der Waals surface area contributed by atoms with Crippen molar-refractivity contribution in [3.05, 3.63) is 33.8 Å². The summed E-state index contributed by atoms with van der Waals surface area (Å²) in [6.45, 7) is 0. The Balaban J connectivity index is 3.29. The van der Waals surface area contributed by atoms with Gasteiger partial charge in [-0.15, -0.1) is 0 Å². The van der Waals surface area contributed by atoms with Gasteiger partial charge in [0, 0.05) is 21.8 Å². The number of rotatable bonds is 2. The number of benzene rings is 1. The Morgan fingerprint density at radius 3 is 2.75 bits per heavy atom. The van der Waals surface area contributed by atoms with Gasteiger partial charge >= 0.3 is 0 Å². The second kappa shape index (κ2) is 3.49. The lowest BCUT2D eigenvalue weighted by molar-refractivity contribution is 0.1000. The molecule has 0 unspecified atom stereocenters. The summed E-state index contributed by atoms with van der Waals surface area (Å²) in [7, 11) is 0. The quantitative estimate of drug-likeness (QED) is 0.739. The predicted molar refractivity (Wildman–Crippen MR) is 50.5 cm³/mol. The van der Waals surface area contributed by atoms with Crippen molar-refractivity contribution < 1.29 is 4.79 Å². The molecule has 0 heterocycles. The predicted octanol–water partition coefficient (Wildman–Crippen LogP) is 1.55. The summed E-state index contributed by atoms with van der Waals surface area (Å²) in [5.74, 6) is -0.513. The van der Waals surface area contributed by atoms with E-state index in [1.807, 2.05) is 0 Å². The van der Waals surface area contributed by atoms with Crippen LogP contribution in [0.25, 0.3) is 0 Å². The molecule has 0 atom stereocenters. The van der Waals surface area contributed by atoms with Crippen molar-refractivity contribution in [2.75, 3.05) is 0 Å². The van der Waals surface area contributed by atoms with Gasteiger partial charge in [-0.1, -0.05) is 15.9 Å². The van der Waals surface area contributed by atoms with Crippen molar-refractivity contribution in [2.45, 2.75) is 0 Å². The van der Waals surface area contributed by atoms with E-state index in [0.29, 0.717) is 11.1 Å². The molecule has 1 amide bonds. The molecule has 0 bridgehead atoms. The van der Waals surface area contributed by atoms with Crippen LogP contribution in [0, 0.1) is 5.41 Å². The standard InChI is InChI=1S/C8H7BrN2O/c9-6-1-2-7(8(11)12)5(3-6)4-10/h1-4,10H,(H2,11,12). The first-order valence-electron chi connectivity index (χ1n) is 3.25. The molecule has 0 fully saturated rings. The van der Waals surface area contributed by atoms with Crippen molar-refractivity contribution in [3.63, 3.8) is 0 Å². The Hall–Kier alpha value is -1.16. The average molecular weight is 227 g/mol. The zero-order chi connectivity index (χ0) is 9.14. The second-order valence-electron chi connectivity index (χ2n) is 2.24. The van der Waals surface area contributed by atoms with Gasteiger partial charge < -0.3 is 11.1 Å². The van der Waals surface area contributed by atoms with Crippen molar-refractivity contribution in [1.82, 2.24) is 0 Å².